The first kappa shape index (κ1) is 19.1. The monoisotopic (exact) mass is 404 g/mol. The van der Waals surface area contributed by atoms with Crippen LogP contribution in [0.2, 0.25) is 0 Å². The van der Waals surface area contributed by atoms with E-state index in [9.17, 15) is 0 Å². The molecule has 0 heterocycles. The highest BCUT2D eigenvalue weighted by Gasteiger charge is 2.68. The van der Waals surface area contributed by atoms with E-state index in [1.54, 1.807) is 16.7 Å². The van der Waals surface area contributed by atoms with Crippen molar-refractivity contribution in [2.75, 3.05) is 0 Å². The summed E-state index contributed by atoms with van der Waals surface area (Å²) < 4.78 is 0. The SMILES string of the molecule is C=CCC12CC3(c4ccccc4)CC(c4ccccc4)(C1)CC(c1ccccc1)(C2)C3. The van der Waals surface area contributed by atoms with E-state index < -0.39 is 0 Å². The molecule has 4 aliphatic carbocycles. The average molecular weight is 405 g/mol. The summed E-state index contributed by atoms with van der Waals surface area (Å²) in [6.45, 7) is 4.22. The van der Waals surface area contributed by atoms with Crippen LogP contribution in [0, 0.1) is 5.41 Å². The largest absolute Gasteiger partial charge is 0.103 e. The van der Waals surface area contributed by atoms with E-state index in [2.05, 4.69) is 104 Å². The topological polar surface area (TPSA) is 0 Å². The summed E-state index contributed by atoms with van der Waals surface area (Å²) >= 11 is 0. The Kier molecular flexibility index (Phi) is 4.13. The first-order valence-electron chi connectivity index (χ1n) is 11.9. The highest BCUT2D eigenvalue weighted by atomic mass is 14.7. The summed E-state index contributed by atoms with van der Waals surface area (Å²) in [6.07, 6.45) is 11.1. The first-order valence-corrected chi connectivity index (χ1v) is 11.9. The predicted molar refractivity (Wildman–Crippen MR) is 129 cm³/mol. The van der Waals surface area contributed by atoms with E-state index in [4.69, 9.17) is 0 Å². The third-order valence-corrected chi connectivity index (χ3v) is 8.91. The van der Waals surface area contributed by atoms with Gasteiger partial charge in [-0.15, -0.1) is 6.58 Å². The first-order chi connectivity index (χ1) is 15.1. The van der Waals surface area contributed by atoms with Crippen molar-refractivity contribution in [2.45, 2.75) is 61.2 Å². The van der Waals surface area contributed by atoms with E-state index in [0.717, 1.165) is 6.42 Å². The fraction of sp³-hybridized carbons (Fsp3) is 0.355. The molecule has 7 rings (SSSR count). The maximum atomic E-state index is 4.22. The van der Waals surface area contributed by atoms with Gasteiger partial charge in [0.05, 0.1) is 0 Å². The molecule has 0 amide bonds. The number of allylic oxidation sites excluding steroid dienone is 1. The molecule has 156 valence electrons. The lowest BCUT2D eigenvalue weighted by atomic mass is 9.32. The molecule has 0 saturated heterocycles. The van der Waals surface area contributed by atoms with E-state index in [0.29, 0.717) is 5.41 Å². The number of benzene rings is 3. The van der Waals surface area contributed by atoms with Crippen molar-refractivity contribution in [3.63, 3.8) is 0 Å². The molecule has 3 aromatic rings. The van der Waals surface area contributed by atoms with Crippen LogP contribution < -0.4 is 0 Å². The second-order valence-electron chi connectivity index (χ2n) is 11.0. The standard InChI is InChI=1S/C31H32/c1-2-18-28-19-29(25-12-6-3-7-13-25)22-30(20-28,26-14-8-4-9-15-26)24-31(21-28,23-29)27-16-10-5-11-17-27/h2-17H,1,18-24H2. The minimum Gasteiger partial charge on any atom is -0.103 e. The van der Waals surface area contributed by atoms with Gasteiger partial charge < -0.3 is 0 Å². The van der Waals surface area contributed by atoms with Gasteiger partial charge in [0.2, 0.25) is 0 Å². The normalized spacial score (nSPS) is 35.7. The van der Waals surface area contributed by atoms with Gasteiger partial charge in [0.15, 0.2) is 0 Å². The lowest BCUT2D eigenvalue weighted by molar-refractivity contribution is -0.106. The fourth-order valence-electron chi connectivity index (χ4n) is 8.66. The molecule has 0 unspecified atom stereocenters. The van der Waals surface area contributed by atoms with Crippen molar-refractivity contribution in [2.24, 2.45) is 5.41 Å². The molecular formula is C31H32. The second-order valence-corrected chi connectivity index (χ2v) is 11.0. The molecule has 0 N–H and O–H groups in total. The van der Waals surface area contributed by atoms with Crippen LogP contribution in [-0.4, -0.2) is 0 Å². The Labute approximate surface area is 187 Å². The number of hydrogen-bond donors (Lipinski definition) is 0. The molecular weight excluding hydrogens is 372 g/mol. The molecule has 4 fully saturated rings. The van der Waals surface area contributed by atoms with Gasteiger partial charge in [0.1, 0.15) is 0 Å². The van der Waals surface area contributed by atoms with Crippen LogP contribution in [0.4, 0.5) is 0 Å². The Morgan fingerprint density at radius 2 is 0.839 bits per heavy atom. The molecule has 0 spiro atoms. The van der Waals surface area contributed by atoms with E-state index >= 15 is 0 Å². The molecule has 0 atom stereocenters. The quantitative estimate of drug-likeness (QED) is 0.381. The summed E-state index contributed by atoms with van der Waals surface area (Å²) in [5, 5.41) is 0. The third kappa shape index (κ3) is 2.80. The van der Waals surface area contributed by atoms with Crippen molar-refractivity contribution in [1.82, 2.24) is 0 Å². The molecule has 0 aliphatic heterocycles. The Morgan fingerprint density at radius 1 is 0.516 bits per heavy atom. The van der Waals surface area contributed by atoms with Crippen LogP contribution in [-0.2, 0) is 16.2 Å². The molecule has 0 radical (unpaired) electrons. The zero-order valence-corrected chi connectivity index (χ0v) is 18.4. The Hall–Kier alpha value is -2.60. The number of rotatable bonds is 5. The van der Waals surface area contributed by atoms with Gasteiger partial charge in [-0.05, 0) is 83.3 Å². The molecule has 4 saturated carbocycles. The van der Waals surface area contributed by atoms with Crippen LogP contribution in [0.15, 0.2) is 104 Å². The summed E-state index contributed by atoms with van der Waals surface area (Å²) in [6, 6.07) is 34.5. The Balaban J connectivity index is 1.61. The lowest BCUT2D eigenvalue weighted by Gasteiger charge is -2.71. The van der Waals surface area contributed by atoms with Crippen LogP contribution >= 0.6 is 0 Å². The fourth-order valence-corrected chi connectivity index (χ4v) is 8.66. The minimum absolute atomic E-state index is 0.241. The van der Waals surface area contributed by atoms with Gasteiger partial charge in [0.25, 0.3) is 0 Å². The molecule has 0 nitrogen and oxygen atoms in total. The predicted octanol–water partition coefficient (Wildman–Crippen LogP) is 7.74. The smallest absolute Gasteiger partial charge is 0.00246 e. The lowest BCUT2D eigenvalue weighted by Crippen LogP contribution is -2.65. The molecule has 3 aromatic carbocycles. The Morgan fingerprint density at radius 3 is 1.13 bits per heavy atom. The molecule has 0 heteroatoms. The minimum atomic E-state index is 0.241. The zero-order valence-electron chi connectivity index (χ0n) is 18.4. The van der Waals surface area contributed by atoms with Gasteiger partial charge in [0, 0.05) is 0 Å². The van der Waals surface area contributed by atoms with Gasteiger partial charge in [-0.1, -0.05) is 97.1 Å². The maximum absolute atomic E-state index is 4.22. The van der Waals surface area contributed by atoms with Crippen LogP contribution in [0.5, 0.6) is 0 Å². The van der Waals surface area contributed by atoms with Crippen LogP contribution in [0.1, 0.15) is 61.6 Å². The second kappa shape index (κ2) is 6.70. The average Bonchev–Trinajstić information content (AvgIpc) is 2.80. The van der Waals surface area contributed by atoms with E-state index in [1.165, 1.54) is 38.5 Å². The summed E-state index contributed by atoms with van der Waals surface area (Å²) in [5.74, 6) is 0. The third-order valence-electron chi connectivity index (χ3n) is 8.91. The summed E-state index contributed by atoms with van der Waals surface area (Å²) in [7, 11) is 0. The van der Waals surface area contributed by atoms with Crippen molar-refractivity contribution >= 4 is 0 Å². The van der Waals surface area contributed by atoms with Crippen LogP contribution in [0.3, 0.4) is 0 Å². The Bertz CT molecular complexity index is 936. The van der Waals surface area contributed by atoms with E-state index in [1.807, 2.05) is 0 Å². The highest BCUT2D eigenvalue weighted by molar-refractivity contribution is 5.45. The molecule has 31 heavy (non-hydrogen) atoms. The van der Waals surface area contributed by atoms with Crippen LogP contribution in [0.25, 0.3) is 0 Å². The van der Waals surface area contributed by atoms with Gasteiger partial charge in [-0.25, -0.2) is 0 Å². The van der Waals surface area contributed by atoms with Gasteiger partial charge in [-0.3, -0.25) is 0 Å². The highest BCUT2D eigenvalue weighted by Crippen LogP contribution is 2.75. The zero-order chi connectivity index (χ0) is 21.0. The molecule has 4 aliphatic rings. The molecule has 0 aromatic heterocycles. The van der Waals surface area contributed by atoms with Gasteiger partial charge in [-0.2, -0.15) is 0 Å². The molecule has 4 bridgehead atoms. The maximum Gasteiger partial charge on any atom is -0.00246 e. The summed E-state index contributed by atoms with van der Waals surface area (Å²) in [4.78, 5) is 0. The number of hydrogen-bond acceptors (Lipinski definition) is 0. The van der Waals surface area contributed by atoms with Crippen molar-refractivity contribution in [3.05, 3.63) is 120 Å². The van der Waals surface area contributed by atoms with Gasteiger partial charge >= 0.3 is 0 Å². The van der Waals surface area contributed by atoms with Crippen molar-refractivity contribution in [3.8, 4) is 0 Å². The van der Waals surface area contributed by atoms with Crippen molar-refractivity contribution < 1.29 is 0 Å². The van der Waals surface area contributed by atoms with Crippen molar-refractivity contribution in [1.29, 1.82) is 0 Å². The summed E-state index contributed by atoms with van der Waals surface area (Å²) in [5.41, 5.74) is 5.73. The van der Waals surface area contributed by atoms with E-state index in [-0.39, 0.29) is 16.2 Å².